The summed E-state index contributed by atoms with van der Waals surface area (Å²) >= 11 is 0. The number of pyridine rings is 1. The Hall–Kier alpha value is -2.22. The summed E-state index contributed by atoms with van der Waals surface area (Å²) < 4.78 is 0. The third-order valence-corrected chi connectivity index (χ3v) is 3.71. The Morgan fingerprint density at radius 1 is 1.43 bits per heavy atom. The van der Waals surface area contributed by atoms with E-state index in [1.807, 2.05) is 11.8 Å². The first-order chi connectivity index (χ1) is 10.0. The number of hydrogen-bond acceptors (Lipinski definition) is 6. The van der Waals surface area contributed by atoms with Crippen molar-refractivity contribution in [2.24, 2.45) is 0 Å². The molecular formula is C13H19N5O3. The first-order valence-electron chi connectivity index (χ1n) is 6.84. The Morgan fingerprint density at radius 2 is 2.10 bits per heavy atom. The molecule has 0 aliphatic carbocycles. The second kappa shape index (κ2) is 6.49. The number of nitrogens with one attached hydrogen (secondary N) is 1. The van der Waals surface area contributed by atoms with Gasteiger partial charge in [-0.25, -0.2) is 0 Å². The molecule has 1 amide bonds. The zero-order chi connectivity index (χ0) is 15.4. The highest BCUT2D eigenvalue weighted by molar-refractivity contribution is 5.81. The zero-order valence-electron chi connectivity index (χ0n) is 12.2. The van der Waals surface area contributed by atoms with Gasteiger partial charge in [-0.1, -0.05) is 0 Å². The topological polar surface area (TPSA) is 91.6 Å². The molecule has 0 spiro atoms. The highest BCUT2D eigenvalue weighted by Gasteiger charge is 2.27. The van der Waals surface area contributed by atoms with E-state index in [1.165, 1.54) is 6.20 Å². The molecule has 1 fully saturated rings. The van der Waals surface area contributed by atoms with Gasteiger partial charge in [0, 0.05) is 32.4 Å². The molecule has 8 nitrogen and oxygen atoms in total. The van der Waals surface area contributed by atoms with Crippen molar-refractivity contribution in [1.29, 1.82) is 0 Å². The SMILES string of the molecule is CNC(C)C(=O)N1CCN(c2ccncc2[N+](=O)[O-])CC1. The van der Waals surface area contributed by atoms with Gasteiger partial charge >= 0.3 is 5.69 Å². The van der Waals surface area contributed by atoms with Crippen LogP contribution in [-0.2, 0) is 4.79 Å². The van der Waals surface area contributed by atoms with Gasteiger partial charge in [0.1, 0.15) is 11.9 Å². The number of anilines is 1. The van der Waals surface area contributed by atoms with Crippen molar-refractivity contribution in [2.45, 2.75) is 13.0 Å². The molecule has 1 aromatic rings. The normalized spacial score (nSPS) is 16.7. The van der Waals surface area contributed by atoms with E-state index in [0.717, 1.165) is 0 Å². The summed E-state index contributed by atoms with van der Waals surface area (Å²) in [5, 5.41) is 14.0. The Morgan fingerprint density at radius 3 is 2.67 bits per heavy atom. The Labute approximate surface area is 122 Å². The molecule has 0 saturated carbocycles. The summed E-state index contributed by atoms with van der Waals surface area (Å²) in [6.45, 7) is 4.09. The van der Waals surface area contributed by atoms with Gasteiger partial charge in [-0.2, -0.15) is 0 Å². The highest BCUT2D eigenvalue weighted by Crippen LogP contribution is 2.27. The third-order valence-electron chi connectivity index (χ3n) is 3.71. The van der Waals surface area contributed by atoms with Crippen LogP contribution in [0.4, 0.5) is 11.4 Å². The van der Waals surface area contributed by atoms with Crippen molar-refractivity contribution < 1.29 is 9.72 Å². The van der Waals surface area contributed by atoms with Gasteiger partial charge in [0.25, 0.3) is 0 Å². The summed E-state index contributed by atoms with van der Waals surface area (Å²) in [4.78, 5) is 30.2. The van der Waals surface area contributed by atoms with E-state index in [1.54, 1.807) is 24.2 Å². The van der Waals surface area contributed by atoms with Crippen LogP contribution >= 0.6 is 0 Å². The van der Waals surface area contributed by atoms with E-state index in [-0.39, 0.29) is 17.6 Å². The van der Waals surface area contributed by atoms with Crippen LogP contribution in [0.2, 0.25) is 0 Å². The number of amides is 1. The maximum Gasteiger partial charge on any atom is 0.310 e. The fourth-order valence-corrected chi connectivity index (χ4v) is 2.35. The summed E-state index contributed by atoms with van der Waals surface area (Å²) in [7, 11) is 1.75. The number of nitrogens with zero attached hydrogens (tertiary/aromatic N) is 4. The molecule has 114 valence electrons. The van der Waals surface area contributed by atoms with E-state index in [2.05, 4.69) is 10.3 Å². The number of likely N-dealkylation sites (N-methyl/N-ethyl adjacent to an activating group) is 1. The summed E-state index contributed by atoms with van der Waals surface area (Å²) in [6.07, 6.45) is 2.80. The maximum absolute atomic E-state index is 12.1. The number of carbonyl (C=O) groups is 1. The third kappa shape index (κ3) is 3.27. The Balaban J connectivity index is 2.05. The van der Waals surface area contributed by atoms with Crippen molar-refractivity contribution >= 4 is 17.3 Å². The molecule has 0 bridgehead atoms. The van der Waals surface area contributed by atoms with Crippen LogP contribution < -0.4 is 10.2 Å². The van der Waals surface area contributed by atoms with Gasteiger partial charge in [-0.15, -0.1) is 0 Å². The van der Waals surface area contributed by atoms with Crippen LogP contribution in [0.25, 0.3) is 0 Å². The first kappa shape index (κ1) is 15.2. The van der Waals surface area contributed by atoms with Crippen LogP contribution in [0.3, 0.4) is 0 Å². The number of hydrogen-bond donors (Lipinski definition) is 1. The Kier molecular flexibility index (Phi) is 4.69. The van der Waals surface area contributed by atoms with E-state index in [9.17, 15) is 14.9 Å². The fourth-order valence-electron chi connectivity index (χ4n) is 2.35. The van der Waals surface area contributed by atoms with Crippen molar-refractivity contribution in [1.82, 2.24) is 15.2 Å². The van der Waals surface area contributed by atoms with Crippen molar-refractivity contribution in [3.63, 3.8) is 0 Å². The average Bonchev–Trinajstić information content (AvgIpc) is 2.53. The van der Waals surface area contributed by atoms with Crippen molar-refractivity contribution in [3.05, 3.63) is 28.6 Å². The molecule has 0 aromatic carbocycles. The van der Waals surface area contributed by atoms with Gasteiger partial charge in [-0.3, -0.25) is 19.9 Å². The van der Waals surface area contributed by atoms with Crippen LogP contribution in [-0.4, -0.2) is 60.0 Å². The molecule has 1 N–H and O–H groups in total. The van der Waals surface area contributed by atoms with Crippen LogP contribution in [0.15, 0.2) is 18.5 Å². The second-order valence-electron chi connectivity index (χ2n) is 4.94. The van der Waals surface area contributed by atoms with E-state index in [0.29, 0.717) is 31.9 Å². The number of carbonyl (C=O) groups excluding carboxylic acids is 1. The summed E-state index contributed by atoms with van der Waals surface area (Å²) in [6, 6.07) is 1.43. The fraction of sp³-hybridized carbons (Fsp3) is 0.538. The number of piperazine rings is 1. The lowest BCUT2D eigenvalue weighted by Crippen LogP contribution is -2.53. The molecule has 2 rings (SSSR count). The van der Waals surface area contributed by atoms with Gasteiger partial charge in [-0.05, 0) is 20.0 Å². The number of aromatic nitrogens is 1. The zero-order valence-corrected chi connectivity index (χ0v) is 12.2. The second-order valence-corrected chi connectivity index (χ2v) is 4.94. The number of rotatable bonds is 4. The largest absolute Gasteiger partial charge is 0.362 e. The molecule has 1 atom stereocenters. The minimum Gasteiger partial charge on any atom is -0.362 e. The highest BCUT2D eigenvalue weighted by atomic mass is 16.6. The smallest absolute Gasteiger partial charge is 0.310 e. The molecular weight excluding hydrogens is 274 g/mol. The summed E-state index contributed by atoms with van der Waals surface area (Å²) in [5.74, 6) is 0.0568. The van der Waals surface area contributed by atoms with E-state index in [4.69, 9.17) is 0 Å². The average molecular weight is 293 g/mol. The molecule has 1 aliphatic heterocycles. The monoisotopic (exact) mass is 293 g/mol. The van der Waals surface area contributed by atoms with Crippen molar-refractivity contribution in [2.75, 3.05) is 38.1 Å². The first-order valence-corrected chi connectivity index (χ1v) is 6.84. The van der Waals surface area contributed by atoms with E-state index < -0.39 is 4.92 Å². The Bertz CT molecular complexity index is 528. The minimum absolute atomic E-state index is 0.000805. The number of nitro groups is 1. The lowest BCUT2D eigenvalue weighted by Gasteiger charge is -2.36. The molecule has 1 aliphatic rings. The molecule has 0 radical (unpaired) electrons. The molecule has 1 aromatic heterocycles. The standard InChI is InChI=1S/C13H19N5O3/c1-10(14-2)13(19)17-7-5-16(6-8-17)11-3-4-15-9-12(11)18(20)21/h3-4,9-10,14H,5-8H2,1-2H3. The molecule has 21 heavy (non-hydrogen) atoms. The quantitative estimate of drug-likeness (QED) is 0.632. The summed E-state index contributed by atoms with van der Waals surface area (Å²) in [5.41, 5.74) is 0.560. The maximum atomic E-state index is 12.1. The predicted octanol–water partition coefficient (Wildman–Crippen LogP) is 0.246. The van der Waals surface area contributed by atoms with Crippen LogP contribution in [0.5, 0.6) is 0 Å². The van der Waals surface area contributed by atoms with Gasteiger partial charge < -0.3 is 15.1 Å². The lowest BCUT2D eigenvalue weighted by molar-refractivity contribution is -0.384. The van der Waals surface area contributed by atoms with Gasteiger partial charge in [0.05, 0.1) is 11.0 Å². The van der Waals surface area contributed by atoms with Gasteiger partial charge in [0.15, 0.2) is 0 Å². The molecule has 1 unspecified atom stereocenters. The van der Waals surface area contributed by atoms with Crippen molar-refractivity contribution in [3.8, 4) is 0 Å². The minimum atomic E-state index is -0.428. The molecule has 8 heteroatoms. The van der Waals surface area contributed by atoms with Crippen LogP contribution in [0.1, 0.15) is 6.92 Å². The predicted molar refractivity (Wildman–Crippen MR) is 78.2 cm³/mol. The van der Waals surface area contributed by atoms with Gasteiger partial charge in [0.2, 0.25) is 5.91 Å². The molecule has 2 heterocycles. The van der Waals surface area contributed by atoms with Crippen LogP contribution in [0, 0.1) is 10.1 Å². The van der Waals surface area contributed by atoms with E-state index >= 15 is 0 Å². The molecule has 1 saturated heterocycles. The lowest BCUT2D eigenvalue weighted by atomic mass is 10.2.